The van der Waals surface area contributed by atoms with E-state index in [2.05, 4.69) is 6.92 Å². The molecule has 1 aromatic carbocycles. The summed E-state index contributed by atoms with van der Waals surface area (Å²) in [6, 6.07) is 9.70. The van der Waals surface area contributed by atoms with Gasteiger partial charge in [0, 0.05) is 13.5 Å². The second-order valence-corrected chi connectivity index (χ2v) is 3.43. The quantitative estimate of drug-likeness (QED) is 0.780. The third-order valence-electron chi connectivity index (χ3n) is 2.46. The van der Waals surface area contributed by atoms with Crippen LogP contribution in [-0.2, 0) is 4.74 Å². The molecule has 0 radical (unpaired) electrons. The largest absolute Gasteiger partial charge is 0.388 e. The van der Waals surface area contributed by atoms with Crippen LogP contribution in [0.2, 0.25) is 0 Å². The molecule has 1 N–H and O–H groups in total. The molecule has 1 aromatic rings. The first-order chi connectivity index (χ1) is 6.77. The highest BCUT2D eigenvalue weighted by molar-refractivity contribution is 5.17. The molecule has 0 aromatic heterocycles. The number of hydrogen-bond donors (Lipinski definition) is 1. The molecule has 2 nitrogen and oxygen atoms in total. The van der Waals surface area contributed by atoms with Gasteiger partial charge < -0.3 is 9.84 Å². The molecule has 78 valence electrons. The van der Waals surface area contributed by atoms with Crippen LogP contribution in [0.5, 0.6) is 0 Å². The van der Waals surface area contributed by atoms with E-state index in [1.54, 1.807) is 7.11 Å². The molecule has 1 unspecified atom stereocenters. The van der Waals surface area contributed by atoms with Gasteiger partial charge in [0.1, 0.15) is 0 Å². The molecule has 0 amide bonds. The summed E-state index contributed by atoms with van der Waals surface area (Å²) in [5, 5.41) is 9.87. The van der Waals surface area contributed by atoms with E-state index in [-0.39, 0.29) is 6.10 Å². The lowest BCUT2D eigenvalue weighted by molar-refractivity contribution is 0.0427. The van der Waals surface area contributed by atoms with Crippen LogP contribution in [0.1, 0.15) is 31.4 Å². The van der Waals surface area contributed by atoms with Gasteiger partial charge in [0.25, 0.3) is 0 Å². The predicted octanol–water partition coefficient (Wildman–Crippen LogP) is 2.54. The molecule has 2 atom stereocenters. The van der Waals surface area contributed by atoms with E-state index in [4.69, 9.17) is 4.74 Å². The van der Waals surface area contributed by atoms with Crippen molar-refractivity contribution in [3.8, 4) is 0 Å². The number of hydrogen-bond acceptors (Lipinski definition) is 2. The molecule has 0 aliphatic heterocycles. The second kappa shape index (κ2) is 5.78. The molecule has 2 heteroatoms. The molecule has 0 spiro atoms. The molecular weight excluding hydrogens is 176 g/mol. The van der Waals surface area contributed by atoms with Gasteiger partial charge in [-0.3, -0.25) is 0 Å². The summed E-state index contributed by atoms with van der Waals surface area (Å²) in [4.78, 5) is 0. The van der Waals surface area contributed by atoms with Crippen LogP contribution in [0.4, 0.5) is 0 Å². The lowest BCUT2D eigenvalue weighted by Crippen LogP contribution is -2.13. The van der Waals surface area contributed by atoms with Crippen molar-refractivity contribution in [1.82, 2.24) is 0 Å². The first kappa shape index (κ1) is 11.2. The van der Waals surface area contributed by atoms with Gasteiger partial charge >= 0.3 is 0 Å². The van der Waals surface area contributed by atoms with E-state index in [9.17, 15) is 5.11 Å². The molecule has 0 aliphatic rings. The fourth-order valence-corrected chi connectivity index (χ4v) is 1.49. The Labute approximate surface area is 85.5 Å². The molecule has 0 aliphatic carbocycles. The topological polar surface area (TPSA) is 29.5 Å². The zero-order valence-electron chi connectivity index (χ0n) is 8.81. The fourth-order valence-electron chi connectivity index (χ4n) is 1.49. The molecule has 0 fully saturated rings. The summed E-state index contributed by atoms with van der Waals surface area (Å²) in [5.74, 6) is 0. The summed E-state index contributed by atoms with van der Waals surface area (Å²) in [5.41, 5.74) is 0.961. The van der Waals surface area contributed by atoms with Crippen LogP contribution < -0.4 is 0 Å². The van der Waals surface area contributed by atoms with Gasteiger partial charge in [0.2, 0.25) is 0 Å². The summed E-state index contributed by atoms with van der Waals surface area (Å²) in [6.45, 7) is 2.06. The highest BCUT2D eigenvalue weighted by Crippen LogP contribution is 2.20. The van der Waals surface area contributed by atoms with Crippen molar-refractivity contribution in [2.75, 3.05) is 7.11 Å². The Morgan fingerprint density at radius 3 is 2.43 bits per heavy atom. The minimum absolute atomic E-state index is 0.144. The van der Waals surface area contributed by atoms with Gasteiger partial charge in [-0.05, 0) is 12.0 Å². The predicted molar refractivity (Wildman–Crippen MR) is 57.1 cm³/mol. The Kier molecular flexibility index (Phi) is 4.63. The minimum atomic E-state index is -0.416. The Balaban J connectivity index is 2.54. The van der Waals surface area contributed by atoms with E-state index >= 15 is 0 Å². The highest BCUT2D eigenvalue weighted by atomic mass is 16.5. The number of aliphatic hydroxyl groups excluding tert-OH is 1. The summed E-state index contributed by atoms with van der Waals surface area (Å²) < 4.78 is 5.23. The number of rotatable bonds is 5. The summed E-state index contributed by atoms with van der Waals surface area (Å²) in [6.07, 6.45) is 1.32. The van der Waals surface area contributed by atoms with Crippen LogP contribution >= 0.6 is 0 Å². The van der Waals surface area contributed by atoms with Crippen LogP contribution in [0.25, 0.3) is 0 Å². The van der Waals surface area contributed by atoms with Gasteiger partial charge in [-0.25, -0.2) is 0 Å². The van der Waals surface area contributed by atoms with E-state index in [1.807, 2.05) is 30.3 Å². The molecule has 0 saturated carbocycles. The maximum absolute atomic E-state index is 9.87. The van der Waals surface area contributed by atoms with Crippen molar-refractivity contribution in [3.63, 3.8) is 0 Å². The van der Waals surface area contributed by atoms with Crippen LogP contribution in [-0.4, -0.2) is 18.3 Å². The van der Waals surface area contributed by atoms with Crippen molar-refractivity contribution in [2.45, 2.75) is 32.0 Å². The summed E-state index contributed by atoms with van der Waals surface area (Å²) in [7, 11) is 1.69. The average Bonchev–Trinajstić information content (AvgIpc) is 2.26. The van der Waals surface area contributed by atoms with Crippen molar-refractivity contribution in [3.05, 3.63) is 35.9 Å². The van der Waals surface area contributed by atoms with Crippen LogP contribution in [0, 0.1) is 0 Å². The van der Waals surface area contributed by atoms with E-state index < -0.39 is 6.10 Å². The van der Waals surface area contributed by atoms with Crippen molar-refractivity contribution in [2.24, 2.45) is 0 Å². The molecular formula is C12H18O2. The lowest BCUT2D eigenvalue weighted by atomic mass is 10.0. The normalized spacial score (nSPS) is 15.1. The Bertz CT molecular complexity index is 242. The maximum atomic E-state index is 9.87. The molecule has 0 saturated heterocycles. The Hall–Kier alpha value is -0.860. The number of methoxy groups -OCH3 is 1. The molecule has 0 heterocycles. The second-order valence-electron chi connectivity index (χ2n) is 3.43. The third kappa shape index (κ3) is 3.13. The van der Waals surface area contributed by atoms with Gasteiger partial charge in [-0.1, -0.05) is 37.3 Å². The maximum Gasteiger partial charge on any atom is 0.0814 e. The van der Waals surface area contributed by atoms with Crippen molar-refractivity contribution in [1.29, 1.82) is 0 Å². The van der Waals surface area contributed by atoms with Crippen LogP contribution in [0.15, 0.2) is 30.3 Å². The Morgan fingerprint density at radius 2 is 1.93 bits per heavy atom. The molecule has 0 bridgehead atoms. The number of ether oxygens (including phenoxy) is 1. The minimum Gasteiger partial charge on any atom is -0.388 e. The standard InChI is InChI=1S/C12H18O2/c1-3-11(14-2)9-12(13)10-7-5-4-6-8-10/h4-8,11-13H,3,9H2,1-2H3/t11-,12?/m1/s1. The number of benzene rings is 1. The summed E-state index contributed by atoms with van der Waals surface area (Å²) >= 11 is 0. The first-order valence-corrected chi connectivity index (χ1v) is 5.03. The van der Waals surface area contributed by atoms with Crippen molar-refractivity contribution < 1.29 is 9.84 Å². The monoisotopic (exact) mass is 194 g/mol. The van der Waals surface area contributed by atoms with Crippen molar-refractivity contribution >= 4 is 0 Å². The SMILES string of the molecule is CC[C@H](CC(O)c1ccccc1)OC. The molecule has 14 heavy (non-hydrogen) atoms. The van der Waals surface area contributed by atoms with E-state index in [0.717, 1.165) is 12.0 Å². The lowest BCUT2D eigenvalue weighted by Gasteiger charge is -2.17. The fraction of sp³-hybridized carbons (Fsp3) is 0.500. The first-order valence-electron chi connectivity index (χ1n) is 5.03. The zero-order chi connectivity index (χ0) is 10.4. The van der Waals surface area contributed by atoms with Crippen LogP contribution in [0.3, 0.4) is 0 Å². The van der Waals surface area contributed by atoms with Gasteiger partial charge in [0.15, 0.2) is 0 Å². The van der Waals surface area contributed by atoms with Gasteiger partial charge in [-0.2, -0.15) is 0 Å². The molecule has 1 rings (SSSR count). The van der Waals surface area contributed by atoms with E-state index in [1.165, 1.54) is 0 Å². The zero-order valence-corrected chi connectivity index (χ0v) is 8.81. The van der Waals surface area contributed by atoms with Gasteiger partial charge in [-0.15, -0.1) is 0 Å². The van der Waals surface area contributed by atoms with E-state index in [0.29, 0.717) is 6.42 Å². The van der Waals surface area contributed by atoms with Gasteiger partial charge in [0.05, 0.1) is 12.2 Å². The highest BCUT2D eigenvalue weighted by Gasteiger charge is 2.13. The average molecular weight is 194 g/mol. The smallest absolute Gasteiger partial charge is 0.0814 e. The third-order valence-corrected chi connectivity index (χ3v) is 2.46. The number of aliphatic hydroxyl groups is 1. The Morgan fingerprint density at radius 1 is 1.29 bits per heavy atom.